The molecule has 0 N–H and O–H groups in total. The maximum Gasteiger partial charge on any atom is 0.357 e. The highest BCUT2D eigenvalue weighted by molar-refractivity contribution is 6.32. The number of ether oxygens (including phenoxy) is 1. The van der Waals surface area contributed by atoms with E-state index in [-0.39, 0.29) is 10.8 Å². The molecule has 9 heteroatoms. The van der Waals surface area contributed by atoms with E-state index < -0.39 is 11.5 Å². The molecule has 0 bridgehead atoms. The summed E-state index contributed by atoms with van der Waals surface area (Å²) in [5.41, 5.74) is 6.04. The van der Waals surface area contributed by atoms with Crippen LogP contribution >= 0.6 is 11.6 Å². The zero-order valence-corrected chi connectivity index (χ0v) is 29.2. The molecule has 0 saturated heterocycles. The summed E-state index contributed by atoms with van der Waals surface area (Å²) in [6.07, 6.45) is 2.55. The molecule has 0 atom stereocenters. The van der Waals surface area contributed by atoms with Crippen molar-refractivity contribution in [1.82, 2.24) is 29.8 Å². The molecule has 0 radical (unpaired) electrons. The summed E-state index contributed by atoms with van der Waals surface area (Å²) in [4.78, 5) is 17.6. The first kappa shape index (κ1) is 33.6. The average Bonchev–Trinajstić information content (AvgIpc) is 3.80. The van der Waals surface area contributed by atoms with Gasteiger partial charge in [0.05, 0.1) is 7.11 Å². The Morgan fingerprint density at radius 3 is 1.88 bits per heavy atom. The molecule has 0 aliphatic heterocycles. The van der Waals surface area contributed by atoms with Crippen LogP contribution in [-0.4, -0.2) is 42.8 Å². The van der Waals surface area contributed by atoms with E-state index in [1.165, 1.54) is 7.11 Å². The Balaban J connectivity index is 1.49. The van der Waals surface area contributed by atoms with Gasteiger partial charge < -0.3 is 9.30 Å². The van der Waals surface area contributed by atoms with Crippen molar-refractivity contribution >= 4 is 17.6 Å². The molecule has 7 rings (SSSR count). The van der Waals surface area contributed by atoms with Crippen LogP contribution in [0.5, 0.6) is 0 Å². The number of nitrogens with zero attached hydrogens (tertiary/aromatic N) is 6. The number of carbonyl (C=O) groups excluding carboxylic acids is 1. The second kappa shape index (κ2) is 14.9. The van der Waals surface area contributed by atoms with Crippen molar-refractivity contribution < 1.29 is 9.53 Å². The van der Waals surface area contributed by atoms with Gasteiger partial charge in [-0.2, -0.15) is 0 Å². The molecule has 0 fully saturated rings. The maximum absolute atomic E-state index is 13.0. The molecule has 0 aliphatic rings. The lowest BCUT2D eigenvalue weighted by atomic mass is 9.77. The van der Waals surface area contributed by atoms with E-state index in [1.807, 2.05) is 82.0 Å². The molecular formula is C42H37ClN6O2. The molecule has 0 amide bonds. The monoisotopic (exact) mass is 692 g/mol. The number of methoxy groups -OCH3 is 1. The fraction of sp³-hybridized carbons (Fsp3) is 0.167. The molecule has 5 aromatic carbocycles. The Kier molecular flexibility index (Phi) is 9.85. The summed E-state index contributed by atoms with van der Waals surface area (Å²) >= 11 is 6.57. The van der Waals surface area contributed by atoms with Crippen LogP contribution in [0.4, 0.5) is 0 Å². The second-order valence-electron chi connectivity index (χ2n) is 12.3. The van der Waals surface area contributed by atoms with Gasteiger partial charge in [0.2, 0.25) is 0 Å². The van der Waals surface area contributed by atoms with Crippen LogP contribution in [0.25, 0.3) is 22.5 Å². The van der Waals surface area contributed by atoms with Crippen LogP contribution in [0.3, 0.4) is 0 Å². The summed E-state index contributed by atoms with van der Waals surface area (Å²) in [6, 6.07) is 47.5. The van der Waals surface area contributed by atoms with Crippen LogP contribution in [0.15, 0.2) is 140 Å². The Hall–Kier alpha value is -5.86. The quantitative estimate of drug-likeness (QED) is 0.0939. The Morgan fingerprint density at radius 1 is 0.765 bits per heavy atom. The highest BCUT2D eigenvalue weighted by Gasteiger charge is 2.42. The molecular weight excluding hydrogens is 656 g/mol. The fourth-order valence-electron chi connectivity index (χ4n) is 6.87. The molecule has 8 nitrogen and oxygen atoms in total. The van der Waals surface area contributed by atoms with Gasteiger partial charge in [0, 0.05) is 18.5 Å². The molecule has 2 heterocycles. The highest BCUT2D eigenvalue weighted by atomic mass is 35.5. The van der Waals surface area contributed by atoms with Gasteiger partial charge in [-0.15, -0.1) is 5.10 Å². The number of esters is 1. The smallest absolute Gasteiger partial charge is 0.357 e. The molecule has 7 aromatic rings. The normalized spacial score (nSPS) is 11.4. The lowest BCUT2D eigenvalue weighted by molar-refractivity contribution is 0.0588. The predicted octanol–water partition coefficient (Wildman–Crippen LogP) is 8.87. The average molecular weight is 693 g/mol. The van der Waals surface area contributed by atoms with Crippen molar-refractivity contribution in [2.24, 2.45) is 0 Å². The second-order valence-corrected chi connectivity index (χ2v) is 12.7. The number of carbonyl (C=O) groups is 1. The van der Waals surface area contributed by atoms with Gasteiger partial charge >= 0.3 is 5.97 Å². The summed E-state index contributed by atoms with van der Waals surface area (Å²) in [5.74, 6) is 0.783. The van der Waals surface area contributed by atoms with Crippen LogP contribution in [-0.2, 0) is 23.2 Å². The minimum absolute atomic E-state index is 0.136. The number of hydrogen-bond acceptors (Lipinski definition) is 6. The molecule has 2 aromatic heterocycles. The minimum Gasteiger partial charge on any atom is -0.464 e. The van der Waals surface area contributed by atoms with E-state index in [0.29, 0.717) is 18.8 Å². The SMILES string of the molecule is CCCCc1nc(Cl)c(C(=O)OC)n1Cc1ccc(-c2ccccc2)c(-c2nnnn2C(c2ccccc2)(c2ccccc2)c2ccccc2)c1. The van der Waals surface area contributed by atoms with Crippen molar-refractivity contribution in [3.05, 3.63) is 178 Å². The number of halogens is 1. The first-order valence-electron chi connectivity index (χ1n) is 17.0. The molecule has 0 saturated carbocycles. The van der Waals surface area contributed by atoms with E-state index in [1.54, 1.807) is 0 Å². The molecule has 51 heavy (non-hydrogen) atoms. The summed E-state index contributed by atoms with van der Waals surface area (Å²) < 4.78 is 8.95. The van der Waals surface area contributed by atoms with Crippen molar-refractivity contribution in [3.63, 3.8) is 0 Å². The van der Waals surface area contributed by atoms with Gasteiger partial charge in [-0.3, -0.25) is 0 Å². The van der Waals surface area contributed by atoms with Crippen LogP contribution in [0.2, 0.25) is 5.15 Å². The zero-order chi connectivity index (χ0) is 35.2. The molecule has 0 spiro atoms. The number of aryl methyl sites for hydroxylation is 1. The van der Waals surface area contributed by atoms with E-state index in [9.17, 15) is 4.79 Å². The Bertz CT molecular complexity index is 2140. The maximum atomic E-state index is 13.0. The number of hydrogen-bond donors (Lipinski definition) is 0. The number of benzene rings is 5. The molecule has 0 aliphatic carbocycles. The number of aromatic nitrogens is 6. The predicted molar refractivity (Wildman–Crippen MR) is 200 cm³/mol. The van der Waals surface area contributed by atoms with Gasteiger partial charge in [-0.25, -0.2) is 14.5 Å². The summed E-state index contributed by atoms with van der Waals surface area (Å²) in [7, 11) is 1.35. The standard InChI is InChI=1S/C42H37ClN6O2/c1-3-4-25-37-44-39(43)38(41(50)51-2)48(37)29-30-26-27-35(31-17-9-5-10-18-31)36(28-30)40-45-46-47-49(40)42(32-19-11-6-12-20-32,33-21-13-7-14-22-33)34-23-15-8-16-24-34/h5-24,26-28H,3-4,25,29H2,1-2H3. The topological polar surface area (TPSA) is 87.7 Å². The van der Waals surface area contributed by atoms with Crippen LogP contribution in [0, 0.1) is 0 Å². The Labute approximate surface area is 302 Å². The van der Waals surface area contributed by atoms with Crippen molar-refractivity contribution in [1.29, 1.82) is 0 Å². The summed E-state index contributed by atoms with van der Waals surface area (Å²) in [6.45, 7) is 2.46. The van der Waals surface area contributed by atoms with Crippen molar-refractivity contribution in [2.75, 3.05) is 7.11 Å². The minimum atomic E-state index is -0.935. The van der Waals surface area contributed by atoms with Gasteiger partial charge in [0.25, 0.3) is 0 Å². The molecule has 254 valence electrons. The van der Waals surface area contributed by atoms with E-state index in [0.717, 1.165) is 57.6 Å². The van der Waals surface area contributed by atoms with Crippen molar-refractivity contribution in [2.45, 2.75) is 38.3 Å². The third kappa shape index (κ3) is 6.35. The van der Waals surface area contributed by atoms with Crippen LogP contribution in [0.1, 0.15) is 58.3 Å². The lowest BCUT2D eigenvalue weighted by Gasteiger charge is -2.36. The van der Waals surface area contributed by atoms with Gasteiger partial charge in [0.15, 0.2) is 16.7 Å². The van der Waals surface area contributed by atoms with Gasteiger partial charge in [-0.05, 0) is 56.3 Å². The number of unbranched alkanes of at least 4 members (excludes halogenated alkanes) is 1. The van der Waals surface area contributed by atoms with E-state index in [2.05, 4.69) is 83.9 Å². The summed E-state index contributed by atoms with van der Waals surface area (Å²) in [5, 5.41) is 14.1. The molecule has 0 unspecified atom stereocenters. The number of rotatable bonds is 12. The van der Waals surface area contributed by atoms with Crippen molar-refractivity contribution in [3.8, 4) is 22.5 Å². The van der Waals surface area contributed by atoms with Crippen LogP contribution < -0.4 is 0 Å². The van der Waals surface area contributed by atoms with Gasteiger partial charge in [0.1, 0.15) is 11.4 Å². The van der Waals surface area contributed by atoms with Gasteiger partial charge in [-0.1, -0.05) is 158 Å². The first-order chi connectivity index (χ1) is 25.1. The first-order valence-corrected chi connectivity index (χ1v) is 17.4. The zero-order valence-electron chi connectivity index (χ0n) is 28.5. The number of imidazole rings is 1. The third-order valence-electron chi connectivity index (χ3n) is 9.25. The lowest BCUT2D eigenvalue weighted by Crippen LogP contribution is -2.39. The largest absolute Gasteiger partial charge is 0.464 e. The van der Waals surface area contributed by atoms with E-state index >= 15 is 0 Å². The van der Waals surface area contributed by atoms with E-state index in [4.69, 9.17) is 26.6 Å². The Morgan fingerprint density at radius 2 is 1.33 bits per heavy atom. The third-order valence-corrected chi connectivity index (χ3v) is 9.51. The highest BCUT2D eigenvalue weighted by Crippen LogP contribution is 2.43. The fourth-order valence-corrected chi connectivity index (χ4v) is 7.14. The number of tetrazole rings is 1.